The highest BCUT2D eigenvalue weighted by molar-refractivity contribution is 5.41. The monoisotopic (exact) mass is 254 g/mol. The summed E-state index contributed by atoms with van der Waals surface area (Å²) in [6.07, 6.45) is 2.23. The lowest BCUT2D eigenvalue weighted by Crippen LogP contribution is -2.23. The molecule has 19 heavy (non-hydrogen) atoms. The van der Waals surface area contributed by atoms with Gasteiger partial charge in [-0.25, -0.2) is 0 Å². The van der Waals surface area contributed by atoms with E-state index >= 15 is 0 Å². The van der Waals surface area contributed by atoms with Crippen molar-refractivity contribution in [2.45, 2.75) is 39.0 Å². The van der Waals surface area contributed by atoms with E-state index in [0.29, 0.717) is 5.75 Å². The zero-order valence-corrected chi connectivity index (χ0v) is 12.0. The van der Waals surface area contributed by atoms with Crippen molar-refractivity contribution in [1.82, 2.24) is 0 Å². The van der Waals surface area contributed by atoms with Crippen molar-refractivity contribution in [3.63, 3.8) is 0 Å². The summed E-state index contributed by atoms with van der Waals surface area (Å²) in [5.41, 5.74) is 3.91. The SMILES string of the molecule is CCCC(C)(c1ccc(O)cc1)c1cccc(C)c1. The molecule has 1 unspecified atom stereocenters. The van der Waals surface area contributed by atoms with Crippen LogP contribution in [-0.2, 0) is 5.41 Å². The molecular weight excluding hydrogens is 232 g/mol. The van der Waals surface area contributed by atoms with Crippen LogP contribution in [-0.4, -0.2) is 5.11 Å². The van der Waals surface area contributed by atoms with Gasteiger partial charge in [-0.15, -0.1) is 0 Å². The molecule has 0 saturated heterocycles. The summed E-state index contributed by atoms with van der Waals surface area (Å²) < 4.78 is 0. The molecule has 2 aromatic carbocycles. The van der Waals surface area contributed by atoms with Gasteiger partial charge in [-0.2, -0.15) is 0 Å². The molecule has 100 valence electrons. The quantitative estimate of drug-likeness (QED) is 0.830. The van der Waals surface area contributed by atoms with Crippen LogP contribution in [0.1, 0.15) is 43.4 Å². The van der Waals surface area contributed by atoms with Crippen LogP contribution in [0, 0.1) is 6.92 Å². The minimum absolute atomic E-state index is 0.00840. The second-order valence-electron chi connectivity index (χ2n) is 5.50. The first-order chi connectivity index (χ1) is 9.06. The van der Waals surface area contributed by atoms with Gasteiger partial charge in [0.2, 0.25) is 0 Å². The molecule has 0 aliphatic carbocycles. The summed E-state index contributed by atoms with van der Waals surface area (Å²) >= 11 is 0. The Balaban J connectivity index is 2.50. The van der Waals surface area contributed by atoms with E-state index in [-0.39, 0.29) is 5.41 Å². The number of hydrogen-bond acceptors (Lipinski definition) is 1. The Bertz CT molecular complexity index is 542. The molecule has 0 bridgehead atoms. The molecule has 1 atom stereocenters. The normalized spacial score (nSPS) is 14.1. The number of benzene rings is 2. The first-order valence-corrected chi connectivity index (χ1v) is 6.93. The fourth-order valence-electron chi connectivity index (χ4n) is 2.77. The first kappa shape index (κ1) is 13.7. The third-order valence-electron chi connectivity index (χ3n) is 3.91. The van der Waals surface area contributed by atoms with E-state index < -0.39 is 0 Å². The van der Waals surface area contributed by atoms with E-state index in [1.807, 2.05) is 12.1 Å². The highest BCUT2D eigenvalue weighted by Crippen LogP contribution is 2.37. The van der Waals surface area contributed by atoms with Crippen molar-refractivity contribution in [1.29, 1.82) is 0 Å². The van der Waals surface area contributed by atoms with E-state index in [0.717, 1.165) is 12.8 Å². The topological polar surface area (TPSA) is 20.2 Å². The summed E-state index contributed by atoms with van der Waals surface area (Å²) in [4.78, 5) is 0. The lowest BCUT2D eigenvalue weighted by Gasteiger charge is -2.31. The Labute approximate surface area is 115 Å². The zero-order chi connectivity index (χ0) is 13.9. The molecule has 2 rings (SSSR count). The van der Waals surface area contributed by atoms with E-state index in [4.69, 9.17) is 0 Å². The van der Waals surface area contributed by atoms with Crippen LogP contribution < -0.4 is 0 Å². The molecule has 0 aliphatic rings. The third-order valence-corrected chi connectivity index (χ3v) is 3.91. The van der Waals surface area contributed by atoms with Crippen LogP contribution in [0.2, 0.25) is 0 Å². The van der Waals surface area contributed by atoms with Gasteiger partial charge >= 0.3 is 0 Å². The molecule has 0 spiro atoms. The molecule has 0 heterocycles. The summed E-state index contributed by atoms with van der Waals surface area (Å²) in [5, 5.41) is 9.47. The maximum Gasteiger partial charge on any atom is 0.115 e. The predicted molar refractivity (Wildman–Crippen MR) is 80.6 cm³/mol. The summed E-state index contributed by atoms with van der Waals surface area (Å²) in [6, 6.07) is 16.3. The number of aromatic hydroxyl groups is 1. The second-order valence-corrected chi connectivity index (χ2v) is 5.50. The average Bonchev–Trinajstić information content (AvgIpc) is 2.39. The number of phenolic OH excluding ortho intramolecular Hbond substituents is 1. The minimum Gasteiger partial charge on any atom is -0.508 e. The molecule has 0 fully saturated rings. The molecule has 0 amide bonds. The third kappa shape index (κ3) is 2.81. The standard InChI is InChI=1S/C18H22O/c1-4-12-18(3,15-8-10-17(19)11-9-15)16-7-5-6-14(2)13-16/h5-11,13,19H,4,12H2,1-3H3. The maximum atomic E-state index is 9.47. The van der Waals surface area contributed by atoms with Crippen molar-refractivity contribution >= 4 is 0 Å². The van der Waals surface area contributed by atoms with Crippen molar-refractivity contribution in [2.24, 2.45) is 0 Å². The number of hydrogen-bond donors (Lipinski definition) is 1. The van der Waals surface area contributed by atoms with Gasteiger partial charge < -0.3 is 5.11 Å². The van der Waals surface area contributed by atoms with E-state index in [1.165, 1.54) is 16.7 Å². The molecular formula is C18H22O. The van der Waals surface area contributed by atoms with Crippen molar-refractivity contribution in [3.05, 3.63) is 65.2 Å². The highest BCUT2D eigenvalue weighted by Gasteiger charge is 2.27. The van der Waals surface area contributed by atoms with Gasteiger partial charge in [-0.05, 0) is 36.6 Å². The molecule has 1 nitrogen and oxygen atoms in total. The smallest absolute Gasteiger partial charge is 0.115 e. The van der Waals surface area contributed by atoms with E-state index in [1.54, 1.807) is 12.1 Å². The lowest BCUT2D eigenvalue weighted by atomic mass is 9.73. The molecule has 0 saturated carbocycles. The van der Waals surface area contributed by atoms with Crippen LogP contribution in [0.25, 0.3) is 0 Å². The Kier molecular flexibility index (Phi) is 3.94. The van der Waals surface area contributed by atoms with Gasteiger partial charge in [0.15, 0.2) is 0 Å². The van der Waals surface area contributed by atoms with Gasteiger partial charge in [0.05, 0.1) is 0 Å². The largest absolute Gasteiger partial charge is 0.508 e. The van der Waals surface area contributed by atoms with E-state index in [9.17, 15) is 5.11 Å². The van der Waals surface area contributed by atoms with Gasteiger partial charge in [0, 0.05) is 5.41 Å². The number of aryl methyl sites for hydroxylation is 1. The van der Waals surface area contributed by atoms with Gasteiger partial charge in [-0.3, -0.25) is 0 Å². The van der Waals surface area contributed by atoms with E-state index in [2.05, 4.69) is 45.0 Å². The predicted octanol–water partition coefficient (Wildman–Crippen LogP) is 4.81. The highest BCUT2D eigenvalue weighted by atomic mass is 16.3. The Morgan fingerprint density at radius 2 is 1.68 bits per heavy atom. The van der Waals surface area contributed by atoms with Crippen LogP contribution >= 0.6 is 0 Å². The number of phenols is 1. The zero-order valence-electron chi connectivity index (χ0n) is 12.0. The van der Waals surface area contributed by atoms with Crippen LogP contribution in [0.15, 0.2) is 48.5 Å². The number of rotatable bonds is 4. The molecule has 1 heteroatoms. The first-order valence-electron chi connectivity index (χ1n) is 6.93. The fraction of sp³-hybridized carbons (Fsp3) is 0.333. The lowest BCUT2D eigenvalue weighted by molar-refractivity contribution is 0.472. The summed E-state index contributed by atoms with van der Waals surface area (Å²) in [6.45, 7) is 6.64. The maximum absolute atomic E-state index is 9.47. The van der Waals surface area contributed by atoms with Crippen molar-refractivity contribution in [2.75, 3.05) is 0 Å². The van der Waals surface area contributed by atoms with Gasteiger partial charge in [-0.1, -0.05) is 62.2 Å². The van der Waals surface area contributed by atoms with Crippen LogP contribution in [0.5, 0.6) is 5.75 Å². The molecule has 1 N–H and O–H groups in total. The minimum atomic E-state index is 0.00840. The molecule has 0 aliphatic heterocycles. The van der Waals surface area contributed by atoms with Crippen LogP contribution in [0.4, 0.5) is 0 Å². The molecule has 2 aromatic rings. The Hall–Kier alpha value is -1.76. The second kappa shape index (κ2) is 5.48. The van der Waals surface area contributed by atoms with Gasteiger partial charge in [0.1, 0.15) is 5.75 Å². The average molecular weight is 254 g/mol. The van der Waals surface area contributed by atoms with Crippen molar-refractivity contribution in [3.8, 4) is 5.75 Å². The Morgan fingerprint density at radius 1 is 1.00 bits per heavy atom. The molecule has 0 radical (unpaired) electrons. The Morgan fingerprint density at radius 3 is 2.26 bits per heavy atom. The summed E-state index contributed by atoms with van der Waals surface area (Å²) in [5.74, 6) is 0.326. The van der Waals surface area contributed by atoms with Crippen LogP contribution in [0.3, 0.4) is 0 Å². The fourth-order valence-corrected chi connectivity index (χ4v) is 2.77. The summed E-state index contributed by atoms with van der Waals surface area (Å²) in [7, 11) is 0. The van der Waals surface area contributed by atoms with Crippen molar-refractivity contribution < 1.29 is 5.11 Å². The van der Waals surface area contributed by atoms with Gasteiger partial charge in [0.25, 0.3) is 0 Å². The molecule has 0 aromatic heterocycles.